The number of nitrogen functional groups attached to an aromatic ring is 1. The summed E-state index contributed by atoms with van der Waals surface area (Å²) in [7, 11) is 0. The number of aromatic amines is 1. The fraction of sp³-hybridized carbons (Fsp3) is 0.182. The van der Waals surface area contributed by atoms with Crippen LogP contribution in [0.4, 0.5) is 5.82 Å². The molecule has 0 fully saturated rings. The molecule has 0 amide bonds. The fourth-order valence-electron chi connectivity index (χ4n) is 1.55. The maximum atomic E-state index is 11.7. The number of carbonyl (C=O) groups is 1. The van der Waals surface area contributed by atoms with Crippen LogP contribution in [0.3, 0.4) is 0 Å². The molecule has 18 heavy (non-hydrogen) atoms. The van der Waals surface area contributed by atoms with Gasteiger partial charge in [-0.1, -0.05) is 6.07 Å². The second-order valence-corrected chi connectivity index (χ2v) is 4.74. The highest BCUT2D eigenvalue weighted by Gasteiger charge is 2.12. The number of nitrogens with two attached hydrogens (primary N) is 1. The molecular weight excluding hydrogens is 254 g/mol. The summed E-state index contributed by atoms with van der Waals surface area (Å²) in [5.41, 5.74) is 5.12. The standard InChI is InChI=1S/C11H11N3O3S/c12-10-7(5-9(15)16)11(17)14-8(13-10)4-6-2-1-3-18-6/h1-3H,4-5H2,(H,15,16)(H3,12,13,14,17). The SMILES string of the molecule is Nc1nc(Cc2cccs2)[nH]c(=O)c1CC(=O)O. The zero-order valence-electron chi connectivity index (χ0n) is 9.34. The molecule has 2 heterocycles. The molecule has 2 aromatic rings. The third-order valence-electron chi connectivity index (χ3n) is 2.35. The Morgan fingerprint density at radius 1 is 1.56 bits per heavy atom. The summed E-state index contributed by atoms with van der Waals surface area (Å²) in [4.78, 5) is 29.9. The molecular formula is C11H11N3O3S. The number of rotatable bonds is 4. The maximum Gasteiger partial charge on any atom is 0.308 e. The lowest BCUT2D eigenvalue weighted by atomic mass is 10.2. The van der Waals surface area contributed by atoms with E-state index in [-0.39, 0.29) is 11.4 Å². The number of anilines is 1. The maximum absolute atomic E-state index is 11.7. The number of aromatic nitrogens is 2. The minimum atomic E-state index is -1.11. The van der Waals surface area contributed by atoms with E-state index in [1.54, 1.807) is 11.3 Å². The number of H-pyrrole nitrogens is 1. The van der Waals surface area contributed by atoms with Gasteiger partial charge in [0.25, 0.3) is 5.56 Å². The Hall–Kier alpha value is -2.15. The lowest BCUT2D eigenvalue weighted by molar-refractivity contribution is -0.136. The van der Waals surface area contributed by atoms with E-state index >= 15 is 0 Å². The first-order valence-electron chi connectivity index (χ1n) is 5.18. The van der Waals surface area contributed by atoms with Gasteiger partial charge in [0, 0.05) is 11.3 Å². The second kappa shape index (κ2) is 5.01. The van der Waals surface area contributed by atoms with Gasteiger partial charge in [-0.2, -0.15) is 0 Å². The van der Waals surface area contributed by atoms with Gasteiger partial charge in [0.05, 0.1) is 12.0 Å². The monoisotopic (exact) mass is 265 g/mol. The van der Waals surface area contributed by atoms with Crippen LogP contribution >= 0.6 is 11.3 Å². The first-order valence-corrected chi connectivity index (χ1v) is 6.06. The molecule has 6 nitrogen and oxygen atoms in total. The number of nitrogens with one attached hydrogen (secondary N) is 1. The highest BCUT2D eigenvalue weighted by atomic mass is 32.1. The first-order chi connectivity index (χ1) is 8.56. The van der Waals surface area contributed by atoms with Crippen molar-refractivity contribution in [1.29, 1.82) is 0 Å². The van der Waals surface area contributed by atoms with Gasteiger partial charge in [-0.25, -0.2) is 4.98 Å². The molecule has 0 aliphatic carbocycles. The molecule has 0 bridgehead atoms. The summed E-state index contributed by atoms with van der Waals surface area (Å²) in [6.45, 7) is 0. The van der Waals surface area contributed by atoms with Gasteiger partial charge in [0.2, 0.25) is 0 Å². The van der Waals surface area contributed by atoms with Gasteiger partial charge in [-0.3, -0.25) is 9.59 Å². The van der Waals surface area contributed by atoms with Crippen molar-refractivity contribution in [1.82, 2.24) is 9.97 Å². The topological polar surface area (TPSA) is 109 Å². The van der Waals surface area contributed by atoms with Crippen LogP contribution in [0.2, 0.25) is 0 Å². The van der Waals surface area contributed by atoms with Crippen LogP contribution in [0.25, 0.3) is 0 Å². The summed E-state index contributed by atoms with van der Waals surface area (Å²) in [6.07, 6.45) is 0.0535. The lowest BCUT2D eigenvalue weighted by Gasteiger charge is -2.04. The van der Waals surface area contributed by atoms with Crippen LogP contribution in [-0.2, 0) is 17.6 Å². The molecule has 0 aliphatic heterocycles. The average Bonchev–Trinajstić information content (AvgIpc) is 2.76. The largest absolute Gasteiger partial charge is 0.481 e. The van der Waals surface area contributed by atoms with Crippen LogP contribution in [0.15, 0.2) is 22.3 Å². The van der Waals surface area contributed by atoms with Gasteiger partial charge in [0.15, 0.2) is 0 Å². The van der Waals surface area contributed by atoms with Gasteiger partial charge in [0.1, 0.15) is 11.6 Å². The highest BCUT2D eigenvalue weighted by Crippen LogP contribution is 2.13. The minimum Gasteiger partial charge on any atom is -0.481 e. The van der Waals surface area contributed by atoms with E-state index < -0.39 is 17.9 Å². The molecule has 0 spiro atoms. The normalized spacial score (nSPS) is 10.4. The summed E-state index contributed by atoms with van der Waals surface area (Å²) in [5, 5.41) is 10.6. The second-order valence-electron chi connectivity index (χ2n) is 3.70. The Morgan fingerprint density at radius 2 is 2.33 bits per heavy atom. The van der Waals surface area contributed by atoms with E-state index in [0.717, 1.165) is 4.88 Å². The van der Waals surface area contributed by atoms with Gasteiger partial charge in [-0.05, 0) is 11.4 Å². The van der Waals surface area contributed by atoms with E-state index in [1.165, 1.54) is 0 Å². The van der Waals surface area contributed by atoms with E-state index in [2.05, 4.69) is 9.97 Å². The molecule has 0 unspecified atom stereocenters. The Balaban J connectivity index is 2.30. The zero-order valence-corrected chi connectivity index (χ0v) is 10.2. The van der Waals surface area contributed by atoms with Crippen molar-refractivity contribution >= 4 is 23.1 Å². The number of hydrogen-bond donors (Lipinski definition) is 3. The average molecular weight is 265 g/mol. The lowest BCUT2D eigenvalue weighted by Crippen LogP contribution is -2.22. The molecule has 2 aromatic heterocycles. The Labute approximate surface area is 106 Å². The predicted octanol–water partition coefficient (Wildman–Crippen LogP) is 0.632. The quantitative estimate of drug-likeness (QED) is 0.751. The number of thiophene rings is 1. The molecule has 2 rings (SSSR count). The van der Waals surface area contributed by atoms with Crippen LogP contribution in [0.1, 0.15) is 16.3 Å². The molecule has 0 saturated carbocycles. The fourth-order valence-corrected chi connectivity index (χ4v) is 2.26. The van der Waals surface area contributed by atoms with Crippen molar-refractivity contribution in [3.05, 3.63) is 44.1 Å². The van der Waals surface area contributed by atoms with E-state index in [1.807, 2.05) is 17.5 Å². The van der Waals surface area contributed by atoms with Gasteiger partial charge >= 0.3 is 5.97 Å². The van der Waals surface area contributed by atoms with E-state index in [4.69, 9.17) is 10.8 Å². The van der Waals surface area contributed by atoms with E-state index in [0.29, 0.717) is 12.2 Å². The predicted molar refractivity (Wildman–Crippen MR) is 67.7 cm³/mol. The van der Waals surface area contributed by atoms with Crippen molar-refractivity contribution in [2.75, 3.05) is 5.73 Å². The molecule has 94 valence electrons. The Kier molecular flexibility index (Phi) is 3.42. The number of carboxylic acids is 1. The smallest absolute Gasteiger partial charge is 0.308 e. The molecule has 7 heteroatoms. The molecule has 0 atom stereocenters. The summed E-state index contributed by atoms with van der Waals surface area (Å²) in [6, 6.07) is 3.83. The van der Waals surface area contributed by atoms with Crippen LogP contribution < -0.4 is 11.3 Å². The third kappa shape index (κ3) is 2.75. The molecule has 4 N–H and O–H groups in total. The van der Waals surface area contributed by atoms with Crippen LogP contribution in [-0.4, -0.2) is 21.0 Å². The number of nitrogens with zero attached hydrogens (tertiary/aromatic N) is 1. The van der Waals surface area contributed by atoms with Gasteiger partial charge < -0.3 is 15.8 Å². The van der Waals surface area contributed by atoms with Crippen LogP contribution in [0.5, 0.6) is 0 Å². The molecule has 0 aliphatic rings. The molecule has 0 aromatic carbocycles. The zero-order chi connectivity index (χ0) is 13.1. The van der Waals surface area contributed by atoms with Crippen molar-refractivity contribution < 1.29 is 9.90 Å². The molecule has 0 radical (unpaired) electrons. The number of carboxylic acid groups (broad SMARTS) is 1. The third-order valence-corrected chi connectivity index (χ3v) is 3.22. The first kappa shape index (κ1) is 12.3. The van der Waals surface area contributed by atoms with E-state index in [9.17, 15) is 9.59 Å². The van der Waals surface area contributed by atoms with Crippen molar-refractivity contribution in [3.8, 4) is 0 Å². The molecule has 0 saturated heterocycles. The van der Waals surface area contributed by atoms with Crippen molar-refractivity contribution in [3.63, 3.8) is 0 Å². The number of hydrogen-bond acceptors (Lipinski definition) is 5. The van der Waals surface area contributed by atoms with Crippen LogP contribution in [0, 0.1) is 0 Å². The Bertz CT molecular complexity index is 619. The van der Waals surface area contributed by atoms with Gasteiger partial charge in [-0.15, -0.1) is 11.3 Å². The van der Waals surface area contributed by atoms with Crippen molar-refractivity contribution in [2.45, 2.75) is 12.8 Å². The van der Waals surface area contributed by atoms with Crippen molar-refractivity contribution in [2.24, 2.45) is 0 Å². The summed E-state index contributed by atoms with van der Waals surface area (Å²) in [5.74, 6) is -0.693. The minimum absolute atomic E-state index is 0.00238. The highest BCUT2D eigenvalue weighted by molar-refractivity contribution is 7.09. The summed E-state index contributed by atoms with van der Waals surface area (Å²) < 4.78 is 0. The summed E-state index contributed by atoms with van der Waals surface area (Å²) >= 11 is 1.55. The Morgan fingerprint density at radius 3 is 2.89 bits per heavy atom. The number of aliphatic carboxylic acids is 1.